The van der Waals surface area contributed by atoms with Crippen molar-refractivity contribution in [2.75, 3.05) is 18.4 Å². The van der Waals surface area contributed by atoms with Crippen LogP contribution < -0.4 is 15.4 Å². The van der Waals surface area contributed by atoms with Crippen LogP contribution in [-0.4, -0.2) is 25.1 Å². The number of carbonyl (C=O) groups excluding carboxylic acids is 1. The Kier molecular flexibility index (Phi) is 6.52. The van der Waals surface area contributed by atoms with E-state index in [0.717, 1.165) is 50.2 Å². The van der Waals surface area contributed by atoms with Crippen LogP contribution in [0.5, 0.6) is 5.75 Å². The van der Waals surface area contributed by atoms with Crippen LogP contribution in [-0.2, 0) is 4.79 Å². The highest BCUT2D eigenvalue weighted by Crippen LogP contribution is 2.25. The third-order valence-corrected chi connectivity index (χ3v) is 4.39. The summed E-state index contributed by atoms with van der Waals surface area (Å²) in [7, 11) is 0. The Morgan fingerprint density at radius 1 is 1.09 bits per heavy atom. The summed E-state index contributed by atoms with van der Waals surface area (Å²) >= 11 is 0. The van der Waals surface area contributed by atoms with E-state index in [4.69, 9.17) is 4.74 Å². The molecule has 1 aliphatic carbocycles. The number of anilines is 1. The molecule has 22 heavy (non-hydrogen) atoms. The number of ether oxygens (including phenoxy) is 1. The Hall–Kier alpha value is -1.26. The lowest BCUT2D eigenvalue weighted by molar-refractivity contribution is -0.120. The second-order valence-electron chi connectivity index (χ2n) is 6.08. The number of piperidine rings is 1. The van der Waals surface area contributed by atoms with Gasteiger partial charge in [0.05, 0.1) is 12.0 Å². The first-order chi connectivity index (χ1) is 10.3. The molecule has 2 fully saturated rings. The van der Waals surface area contributed by atoms with Crippen LogP contribution >= 0.6 is 12.4 Å². The topological polar surface area (TPSA) is 50.4 Å². The maximum Gasteiger partial charge on any atom is 0.228 e. The summed E-state index contributed by atoms with van der Waals surface area (Å²) in [5, 5.41) is 6.27. The molecule has 2 aliphatic rings. The minimum absolute atomic E-state index is 0. The lowest BCUT2D eigenvalue weighted by atomic mass is 9.99. The molecular formula is C17H25ClN2O2. The van der Waals surface area contributed by atoms with Crippen LogP contribution in [0.25, 0.3) is 0 Å². The Morgan fingerprint density at radius 3 is 2.45 bits per heavy atom. The van der Waals surface area contributed by atoms with E-state index in [9.17, 15) is 4.79 Å². The summed E-state index contributed by atoms with van der Waals surface area (Å²) in [5.74, 6) is 1.11. The van der Waals surface area contributed by atoms with Crippen molar-refractivity contribution in [2.45, 2.75) is 44.6 Å². The van der Waals surface area contributed by atoms with E-state index in [1.54, 1.807) is 0 Å². The molecule has 0 radical (unpaired) electrons. The number of halogens is 1. The Labute approximate surface area is 138 Å². The highest BCUT2D eigenvalue weighted by molar-refractivity contribution is 5.92. The van der Waals surface area contributed by atoms with Crippen molar-refractivity contribution in [1.29, 1.82) is 0 Å². The van der Waals surface area contributed by atoms with Gasteiger partial charge in [-0.3, -0.25) is 4.79 Å². The van der Waals surface area contributed by atoms with E-state index in [1.165, 1.54) is 12.8 Å². The Bertz CT molecular complexity index is 466. The molecule has 1 saturated heterocycles. The quantitative estimate of drug-likeness (QED) is 0.892. The SMILES string of the molecule is Cl.O=C(Nc1ccc(OC2CCCC2)cc1)[C@@H]1CCCNC1. The highest BCUT2D eigenvalue weighted by Gasteiger charge is 2.21. The molecular weight excluding hydrogens is 300 g/mol. The number of nitrogens with one attached hydrogen (secondary N) is 2. The fourth-order valence-corrected chi connectivity index (χ4v) is 3.14. The third-order valence-electron chi connectivity index (χ3n) is 4.39. The molecule has 2 N–H and O–H groups in total. The van der Waals surface area contributed by atoms with Crippen molar-refractivity contribution in [3.63, 3.8) is 0 Å². The maximum absolute atomic E-state index is 12.1. The summed E-state index contributed by atoms with van der Waals surface area (Å²) in [6.07, 6.45) is 7.29. The van der Waals surface area contributed by atoms with Crippen LogP contribution in [0.3, 0.4) is 0 Å². The molecule has 1 aliphatic heterocycles. The van der Waals surface area contributed by atoms with Crippen LogP contribution in [0.1, 0.15) is 38.5 Å². The summed E-state index contributed by atoms with van der Waals surface area (Å²) in [6.45, 7) is 1.81. The monoisotopic (exact) mass is 324 g/mol. The number of carbonyl (C=O) groups is 1. The smallest absolute Gasteiger partial charge is 0.228 e. The van der Waals surface area contributed by atoms with Gasteiger partial charge in [-0.15, -0.1) is 12.4 Å². The summed E-state index contributed by atoms with van der Waals surface area (Å²) in [5.41, 5.74) is 0.851. The zero-order chi connectivity index (χ0) is 14.5. The van der Waals surface area contributed by atoms with Gasteiger partial charge in [-0.2, -0.15) is 0 Å². The molecule has 3 rings (SSSR count). The first kappa shape index (κ1) is 17.1. The standard InChI is InChI=1S/C17H24N2O2.ClH/c20-17(13-4-3-11-18-12-13)19-14-7-9-16(10-8-14)21-15-5-1-2-6-15;/h7-10,13,15,18H,1-6,11-12H2,(H,19,20);1H/t13-;/m1./s1. The lowest BCUT2D eigenvalue weighted by Crippen LogP contribution is -2.37. The van der Waals surface area contributed by atoms with E-state index < -0.39 is 0 Å². The molecule has 1 heterocycles. The lowest BCUT2D eigenvalue weighted by Gasteiger charge is -2.22. The molecule has 5 heteroatoms. The van der Waals surface area contributed by atoms with Crippen molar-refractivity contribution in [2.24, 2.45) is 5.92 Å². The summed E-state index contributed by atoms with van der Waals surface area (Å²) < 4.78 is 5.93. The van der Waals surface area contributed by atoms with E-state index in [1.807, 2.05) is 24.3 Å². The number of amides is 1. The fraction of sp³-hybridized carbons (Fsp3) is 0.588. The molecule has 4 nitrogen and oxygen atoms in total. The Morgan fingerprint density at radius 2 is 1.82 bits per heavy atom. The normalized spacial score (nSPS) is 21.9. The second-order valence-corrected chi connectivity index (χ2v) is 6.08. The van der Waals surface area contributed by atoms with Gasteiger partial charge < -0.3 is 15.4 Å². The van der Waals surface area contributed by atoms with Gasteiger partial charge in [0.1, 0.15) is 5.75 Å². The third kappa shape index (κ3) is 4.62. The van der Waals surface area contributed by atoms with Crippen molar-refractivity contribution in [3.8, 4) is 5.75 Å². The van der Waals surface area contributed by atoms with Crippen molar-refractivity contribution in [1.82, 2.24) is 5.32 Å². The average molecular weight is 325 g/mol. The number of rotatable bonds is 4. The average Bonchev–Trinajstić information content (AvgIpc) is 3.03. The van der Waals surface area contributed by atoms with E-state index in [2.05, 4.69) is 10.6 Å². The predicted octanol–water partition coefficient (Wildman–Crippen LogP) is 3.37. The molecule has 1 amide bonds. The summed E-state index contributed by atoms with van der Waals surface area (Å²) in [6, 6.07) is 7.76. The molecule has 1 aromatic carbocycles. The van der Waals surface area contributed by atoms with E-state index in [0.29, 0.717) is 6.10 Å². The zero-order valence-electron chi connectivity index (χ0n) is 12.8. The molecule has 1 saturated carbocycles. The minimum Gasteiger partial charge on any atom is -0.490 e. The number of benzene rings is 1. The van der Waals surface area contributed by atoms with Crippen molar-refractivity contribution in [3.05, 3.63) is 24.3 Å². The van der Waals surface area contributed by atoms with Crippen molar-refractivity contribution >= 4 is 24.0 Å². The van der Waals surface area contributed by atoms with E-state index >= 15 is 0 Å². The molecule has 1 aromatic rings. The fourth-order valence-electron chi connectivity index (χ4n) is 3.14. The van der Waals surface area contributed by atoms with Gasteiger partial charge in [0.2, 0.25) is 5.91 Å². The first-order valence-electron chi connectivity index (χ1n) is 8.09. The molecule has 0 unspecified atom stereocenters. The largest absolute Gasteiger partial charge is 0.490 e. The number of hydrogen-bond acceptors (Lipinski definition) is 3. The molecule has 122 valence electrons. The van der Waals surface area contributed by atoms with Gasteiger partial charge >= 0.3 is 0 Å². The van der Waals surface area contributed by atoms with Gasteiger partial charge in [0, 0.05) is 12.2 Å². The van der Waals surface area contributed by atoms with Crippen LogP contribution in [0, 0.1) is 5.92 Å². The molecule has 0 spiro atoms. The van der Waals surface area contributed by atoms with Gasteiger partial charge in [-0.05, 0) is 69.3 Å². The molecule has 0 bridgehead atoms. The van der Waals surface area contributed by atoms with Crippen molar-refractivity contribution < 1.29 is 9.53 Å². The zero-order valence-corrected chi connectivity index (χ0v) is 13.7. The molecule has 0 aromatic heterocycles. The van der Waals surface area contributed by atoms with Gasteiger partial charge in [-0.1, -0.05) is 0 Å². The van der Waals surface area contributed by atoms with E-state index in [-0.39, 0.29) is 24.2 Å². The first-order valence-corrected chi connectivity index (χ1v) is 8.09. The number of hydrogen-bond donors (Lipinski definition) is 2. The van der Waals surface area contributed by atoms with Gasteiger partial charge in [0.15, 0.2) is 0 Å². The minimum atomic E-state index is 0. The summed E-state index contributed by atoms with van der Waals surface area (Å²) in [4.78, 5) is 12.1. The van der Waals surface area contributed by atoms with Gasteiger partial charge in [-0.25, -0.2) is 0 Å². The second kappa shape index (κ2) is 8.39. The van der Waals surface area contributed by atoms with Crippen LogP contribution in [0.2, 0.25) is 0 Å². The van der Waals surface area contributed by atoms with Crippen LogP contribution in [0.15, 0.2) is 24.3 Å². The Balaban J connectivity index is 0.00000176. The molecule has 1 atom stereocenters. The van der Waals surface area contributed by atoms with Gasteiger partial charge in [0.25, 0.3) is 0 Å². The highest BCUT2D eigenvalue weighted by atomic mass is 35.5. The predicted molar refractivity (Wildman–Crippen MR) is 90.8 cm³/mol. The maximum atomic E-state index is 12.1. The van der Waals surface area contributed by atoms with Crippen LogP contribution in [0.4, 0.5) is 5.69 Å².